The van der Waals surface area contributed by atoms with Crippen LogP contribution in [0.5, 0.6) is 0 Å². The van der Waals surface area contributed by atoms with Crippen molar-refractivity contribution in [2.45, 2.75) is 42.9 Å². The molecule has 2 aromatic heterocycles. The van der Waals surface area contributed by atoms with E-state index in [1.165, 1.54) is 17.1 Å². The average Bonchev–Trinajstić information content (AvgIpc) is 3.36. The number of aromatic nitrogens is 3. The summed E-state index contributed by atoms with van der Waals surface area (Å²) in [5.74, 6) is -0.190. The molecule has 5 rings (SSSR count). The molecule has 1 fully saturated rings. The van der Waals surface area contributed by atoms with Gasteiger partial charge in [0.15, 0.2) is 17.3 Å². The van der Waals surface area contributed by atoms with Crippen LogP contribution in [0.2, 0.25) is 0 Å². The van der Waals surface area contributed by atoms with Gasteiger partial charge in [-0.1, -0.05) is 51.7 Å². The monoisotopic (exact) mass is 564 g/mol. The summed E-state index contributed by atoms with van der Waals surface area (Å²) >= 11 is 1.50. The van der Waals surface area contributed by atoms with Crippen molar-refractivity contribution in [3.63, 3.8) is 0 Å². The first kappa shape index (κ1) is 27.6. The molecule has 1 saturated heterocycles. The van der Waals surface area contributed by atoms with Crippen LogP contribution < -0.4 is 21.3 Å². The number of anilines is 3. The van der Waals surface area contributed by atoms with Crippen LogP contribution in [0.3, 0.4) is 0 Å². The molecule has 2 aromatic carbocycles. The average molecular weight is 565 g/mol. The van der Waals surface area contributed by atoms with Crippen LogP contribution in [-0.4, -0.2) is 52.2 Å². The summed E-state index contributed by atoms with van der Waals surface area (Å²) in [6.45, 7) is 10.4. The first-order valence-electron chi connectivity index (χ1n) is 13.2. The molecule has 0 aliphatic carbocycles. The van der Waals surface area contributed by atoms with E-state index in [9.17, 15) is 4.79 Å². The molecular formula is C29H34FN6OPS. The van der Waals surface area contributed by atoms with Crippen molar-refractivity contribution < 1.29 is 9.18 Å². The molecule has 0 bridgehead atoms. The largest absolute Gasteiger partial charge is 0.338 e. The van der Waals surface area contributed by atoms with Crippen LogP contribution in [0.15, 0.2) is 59.8 Å². The van der Waals surface area contributed by atoms with E-state index in [2.05, 4.69) is 48.2 Å². The number of carbonyl (C=O) groups is 1. The zero-order valence-corrected chi connectivity index (χ0v) is 24.4. The Hall–Kier alpha value is -3.00. The van der Waals surface area contributed by atoms with Crippen molar-refractivity contribution in [1.82, 2.24) is 19.9 Å². The normalized spacial score (nSPS) is 14.3. The lowest BCUT2D eigenvalue weighted by atomic mass is 10.1. The minimum absolute atomic E-state index is 0.193. The van der Waals surface area contributed by atoms with Crippen LogP contribution in [0.1, 0.15) is 48.5 Å². The molecule has 39 heavy (non-hydrogen) atoms. The molecule has 204 valence electrons. The number of nitrogens with zero attached hydrogens (tertiary/aromatic N) is 3. The number of carbonyl (C=O) groups excluding carboxylic acids is 1. The predicted molar refractivity (Wildman–Crippen MR) is 161 cm³/mol. The lowest BCUT2D eigenvalue weighted by Gasteiger charge is -2.22. The zero-order chi connectivity index (χ0) is 27.5. The molecule has 1 aliphatic rings. The van der Waals surface area contributed by atoms with Crippen molar-refractivity contribution in [3.05, 3.63) is 71.7 Å². The minimum atomic E-state index is -0.425. The summed E-state index contributed by atoms with van der Waals surface area (Å²) in [5, 5.41) is 16.0. The molecule has 0 unspecified atom stereocenters. The van der Waals surface area contributed by atoms with E-state index < -0.39 is 5.82 Å². The van der Waals surface area contributed by atoms with E-state index in [1.54, 1.807) is 16.8 Å². The van der Waals surface area contributed by atoms with Crippen molar-refractivity contribution in [1.29, 1.82) is 0 Å². The third-order valence-corrected chi connectivity index (χ3v) is 9.43. The maximum absolute atomic E-state index is 16.0. The van der Waals surface area contributed by atoms with Gasteiger partial charge >= 0.3 is 0 Å². The lowest BCUT2D eigenvalue weighted by Crippen LogP contribution is -2.29. The van der Waals surface area contributed by atoms with Gasteiger partial charge in [-0.05, 0) is 80.8 Å². The number of hydrogen-bond acceptors (Lipinski definition) is 6. The third-order valence-electron chi connectivity index (χ3n) is 6.80. The highest BCUT2D eigenvalue weighted by Crippen LogP contribution is 2.35. The van der Waals surface area contributed by atoms with E-state index in [-0.39, 0.29) is 25.6 Å². The third kappa shape index (κ3) is 6.26. The van der Waals surface area contributed by atoms with E-state index in [4.69, 9.17) is 4.98 Å². The number of benzene rings is 2. The Morgan fingerprint density at radius 2 is 1.85 bits per heavy atom. The van der Waals surface area contributed by atoms with E-state index >= 15 is 4.39 Å². The molecule has 0 saturated carbocycles. The Kier molecular flexibility index (Phi) is 8.50. The highest BCUT2D eigenvalue weighted by Gasteiger charge is 2.24. The maximum Gasteiger partial charge on any atom is 0.255 e. The molecule has 0 radical (unpaired) electrons. The summed E-state index contributed by atoms with van der Waals surface area (Å²) in [6.07, 6.45) is 3.71. The second-order valence-electron chi connectivity index (χ2n) is 10.2. The van der Waals surface area contributed by atoms with Crippen molar-refractivity contribution in [2.24, 2.45) is 0 Å². The Bertz CT molecular complexity index is 1470. The molecule has 10 heteroatoms. The molecule has 7 nitrogen and oxygen atoms in total. The zero-order valence-electron chi connectivity index (χ0n) is 22.7. The summed E-state index contributed by atoms with van der Waals surface area (Å²) in [4.78, 5) is 17.6. The van der Waals surface area contributed by atoms with Crippen LogP contribution in [-0.2, 0) is 0 Å². The predicted octanol–water partition coefficient (Wildman–Crippen LogP) is 6.20. The fraction of sp³-hybridized carbons (Fsp3) is 0.345. The van der Waals surface area contributed by atoms with Gasteiger partial charge in [0.1, 0.15) is 5.03 Å². The number of halogens is 1. The number of piperidine rings is 1. The fourth-order valence-corrected chi connectivity index (χ4v) is 6.43. The highest BCUT2D eigenvalue weighted by molar-refractivity contribution is 7.99. The van der Waals surface area contributed by atoms with Gasteiger partial charge in [-0.25, -0.2) is 4.98 Å². The van der Waals surface area contributed by atoms with Crippen molar-refractivity contribution in [2.75, 3.05) is 37.1 Å². The smallest absolute Gasteiger partial charge is 0.255 e. The maximum atomic E-state index is 16.0. The first-order chi connectivity index (χ1) is 18.8. The summed E-state index contributed by atoms with van der Waals surface area (Å²) in [6, 6.07) is 15.0. The second-order valence-corrected chi connectivity index (χ2v) is 13.8. The number of fused-ring (bicyclic) bond motifs is 1. The lowest BCUT2D eigenvalue weighted by molar-refractivity contribution is 0.102. The van der Waals surface area contributed by atoms with Gasteiger partial charge in [-0.15, -0.1) is 0 Å². The SMILES string of the molecule is CC(C)c1cnn2c(Nc3cccc(NC(=O)c4ccc(P(C)C)cc4)c3)c(F)c(SC3CCNCC3)nc12. The Morgan fingerprint density at radius 1 is 1.13 bits per heavy atom. The van der Waals surface area contributed by atoms with Gasteiger partial charge in [0.25, 0.3) is 5.91 Å². The van der Waals surface area contributed by atoms with E-state index in [0.717, 1.165) is 31.5 Å². The summed E-state index contributed by atoms with van der Waals surface area (Å²) in [5.41, 5.74) is 3.46. The quantitative estimate of drug-likeness (QED) is 0.175. The number of amides is 1. The number of nitrogens with one attached hydrogen (secondary N) is 3. The topological polar surface area (TPSA) is 83.3 Å². The standard InChI is InChI=1S/C29H34FN6OPS/c1-18(2)24-17-32-36-26(24)35-29(39-23-12-14-31-15-13-23)25(30)27(36)33-20-6-5-7-21(16-20)34-28(37)19-8-10-22(11-9-19)38(3)4/h5-11,16-18,23,31,33H,12-15H2,1-4H3,(H,34,37). The number of thioether (sulfide) groups is 1. The molecular weight excluding hydrogens is 530 g/mol. The number of rotatable bonds is 8. The van der Waals surface area contributed by atoms with Crippen LogP contribution in [0, 0.1) is 5.82 Å². The molecule has 0 spiro atoms. The fourth-order valence-electron chi connectivity index (χ4n) is 4.56. The van der Waals surface area contributed by atoms with E-state index in [0.29, 0.717) is 32.9 Å². The van der Waals surface area contributed by atoms with Gasteiger partial charge in [0.05, 0.1) is 6.20 Å². The second kappa shape index (κ2) is 12.0. The Labute approximate surface area is 234 Å². The van der Waals surface area contributed by atoms with Gasteiger partial charge in [0.2, 0.25) is 0 Å². The van der Waals surface area contributed by atoms with Crippen LogP contribution in [0.4, 0.5) is 21.6 Å². The molecule has 3 N–H and O–H groups in total. The molecule has 1 amide bonds. The van der Waals surface area contributed by atoms with Gasteiger partial charge < -0.3 is 16.0 Å². The Balaban J connectivity index is 1.42. The molecule has 4 aromatic rings. The van der Waals surface area contributed by atoms with Crippen molar-refractivity contribution >= 4 is 53.7 Å². The first-order valence-corrected chi connectivity index (χ1v) is 16.3. The molecule has 1 aliphatic heterocycles. The van der Waals surface area contributed by atoms with E-state index in [1.807, 2.05) is 42.5 Å². The summed E-state index contributed by atoms with van der Waals surface area (Å²) < 4.78 is 17.5. The highest BCUT2D eigenvalue weighted by atomic mass is 32.2. The van der Waals surface area contributed by atoms with Gasteiger partial charge in [-0.3, -0.25) is 4.79 Å². The van der Waals surface area contributed by atoms with Gasteiger partial charge in [-0.2, -0.15) is 14.0 Å². The minimum Gasteiger partial charge on any atom is -0.338 e. The van der Waals surface area contributed by atoms with Gasteiger partial charge in [0, 0.05) is 27.8 Å². The van der Waals surface area contributed by atoms with Crippen LogP contribution in [0.25, 0.3) is 5.65 Å². The van der Waals surface area contributed by atoms with Crippen LogP contribution >= 0.6 is 19.7 Å². The molecule has 3 heterocycles. The number of hydrogen-bond donors (Lipinski definition) is 3. The molecule has 0 atom stereocenters. The Morgan fingerprint density at radius 3 is 2.54 bits per heavy atom. The summed E-state index contributed by atoms with van der Waals surface area (Å²) in [7, 11) is -0.216. The van der Waals surface area contributed by atoms with Crippen molar-refractivity contribution in [3.8, 4) is 0 Å².